The second-order valence-corrected chi connectivity index (χ2v) is 7.31. The Morgan fingerprint density at radius 2 is 1.81 bits per heavy atom. The van der Waals surface area contributed by atoms with E-state index in [-0.39, 0.29) is 31.2 Å². The average molecular weight is 430 g/mol. The van der Waals surface area contributed by atoms with Crippen molar-refractivity contribution in [1.29, 1.82) is 0 Å². The molecule has 0 unspecified atom stereocenters. The Hall–Kier alpha value is -4.40. The smallest absolute Gasteiger partial charge is 0.329 e. The van der Waals surface area contributed by atoms with Crippen LogP contribution in [0.4, 0.5) is 0 Å². The van der Waals surface area contributed by atoms with Crippen LogP contribution in [0.15, 0.2) is 70.5 Å². The van der Waals surface area contributed by atoms with Crippen LogP contribution in [0.2, 0.25) is 0 Å². The molecule has 9 nitrogen and oxygen atoms in total. The summed E-state index contributed by atoms with van der Waals surface area (Å²) < 4.78 is 11.7. The Bertz CT molecular complexity index is 1440. The van der Waals surface area contributed by atoms with Crippen molar-refractivity contribution in [1.82, 2.24) is 19.9 Å². The fourth-order valence-corrected chi connectivity index (χ4v) is 3.54. The van der Waals surface area contributed by atoms with Gasteiger partial charge in [0.25, 0.3) is 11.5 Å². The van der Waals surface area contributed by atoms with E-state index in [9.17, 15) is 14.4 Å². The highest BCUT2D eigenvalue weighted by atomic mass is 16.7. The molecule has 160 valence electrons. The molecule has 0 saturated carbocycles. The topological polar surface area (TPSA) is 115 Å². The summed E-state index contributed by atoms with van der Waals surface area (Å²) in [5.41, 5.74) is 1.33. The number of carbonyl (C=O) groups is 1. The van der Waals surface area contributed by atoms with Crippen LogP contribution in [0.5, 0.6) is 11.5 Å². The number of ether oxygens (including phenoxy) is 2. The summed E-state index contributed by atoms with van der Waals surface area (Å²) in [6, 6.07) is 13.5. The van der Waals surface area contributed by atoms with Crippen molar-refractivity contribution < 1.29 is 14.3 Å². The van der Waals surface area contributed by atoms with Crippen molar-refractivity contribution in [2.75, 3.05) is 6.79 Å². The first-order valence-corrected chi connectivity index (χ1v) is 9.91. The van der Waals surface area contributed by atoms with Crippen LogP contribution in [-0.2, 0) is 13.1 Å². The van der Waals surface area contributed by atoms with Gasteiger partial charge < -0.3 is 19.8 Å². The lowest BCUT2D eigenvalue weighted by molar-refractivity contribution is 0.0951. The summed E-state index contributed by atoms with van der Waals surface area (Å²) in [5, 5.41) is 3.09. The molecule has 2 N–H and O–H groups in total. The molecule has 0 saturated heterocycles. The number of carbonyl (C=O) groups excluding carboxylic acids is 1. The molecule has 0 bridgehead atoms. The number of hydrogen-bond acceptors (Lipinski definition) is 6. The lowest BCUT2D eigenvalue weighted by Gasteiger charge is -2.09. The van der Waals surface area contributed by atoms with Gasteiger partial charge >= 0.3 is 5.69 Å². The number of benzene rings is 2. The molecule has 0 fully saturated rings. The van der Waals surface area contributed by atoms with Crippen LogP contribution in [0.3, 0.4) is 0 Å². The number of amides is 1. The Morgan fingerprint density at radius 1 is 1.00 bits per heavy atom. The van der Waals surface area contributed by atoms with Crippen LogP contribution >= 0.6 is 0 Å². The first kappa shape index (κ1) is 19.6. The van der Waals surface area contributed by atoms with Crippen molar-refractivity contribution in [2.24, 2.45) is 0 Å². The lowest BCUT2D eigenvalue weighted by atomic mass is 10.1. The summed E-state index contributed by atoms with van der Waals surface area (Å²) in [6.07, 6.45) is 3.19. The third kappa shape index (κ3) is 3.71. The quantitative estimate of drug-likeness (QED) is 0.499. The van der Waals surface area contributed by atoms with Gasteiger partial charge in [-0.3, -0.25) is 19.1 Å². The summed E-state index contributed by atoms with van der Waals surface area (Å²) in [5.74, 6) is 0.976. The van der Waals surface area contributed by atoms with Crippen LogP contribution in [0, 0.1) is 0 Å². The van der Waals surface area contributed by atoms with Gasteiger partial charge in [-0.1, -0.05) is 6.07 Å². The van der Waals surface area contributed by atoms with Crippen molar-refractivity contribution in [3.63, 3.8) is 0 Å². The van der Waals surface area contributed by atoms with Crippen LogP contribution in [0.25, 0.3) is 10.9 Å². The van der Waals surface area contributed by atoms with Crippen LogP contribution in [0.1, 0.15) is 21.5 Å². The maximum absolute atomic E-state index is 13.0. The maximum atomic E-state index is 13.0. The van der Waals surface area contributed by atoms with Gasteiger partial charge in [-0.25, -0.2) is 4.79 Å². The van der Waals surface area contributed by atoms with Crippen molar-refractivity contribution in [3.8, 4) is 11.5 Å². The number of fused-ring (bicyclic) bond motifs is 2. The number of nitrogens with zero attached hydrogens (tertiary/aromatic N) is 2. The fourth-order valence-electron chi connectivity index (χ4n) is 3.54. The Labute approximate surface area is 181 Å². The number of aromatic nitrogens is 3. The van der Waals surface area contributed by atoms with E-state index in [1.165, 1.54) is 6.07 Å². The van der Waals surface area contributed by atoms with Crippen molar-refractivity contribution >= 4 is 16.8 Å². The zero-order valence-corrected chi connectivity index (χ0v) is 16.8. The predicted octanol–water partition coefficient (Wildman–Crippen LogP) is 1.79. The molecule has 0 radical (unpaired) electrons. The molecular formula is C23H18N4O5. The number of nitrogens with one attached hydrogen (secondary N) is 2. The SMILES string of the molecule is O=C(NCc1ccc2c(c1)OCO2)c1ccc2[nH]c(=O)n(Cc3ccncc3)c(=O)c2c1. The summed E-state index contributed by atoms with van der Waals surface area (Å²) in [4.78, 5) is 44.7. The lowest BCUT2D eigenvalue weighted by Crippen LogP contribution is -2.35. The van der Waals surface area contributed by atoms with E-state index in [0.29, 0.717) is 22.6 Å². The maximum Gasteiger partial charge on any atom is 0.329 e. The molecule has 1 aliphatic heterocycles. The molecule has 0 atom stereocenters. The van der Waals surface area contributed by atoms with E-state index < -0.39 is 11.2 Å². The molecule has 1 amide bonds. The average Bonchev–Trinajstić information content (AvgIpc) is 3.29. The standard InChI is InChI=1S/C23H18N4O5/c28-21(25-11-15-1-4-19-20(9-15)32-13-31-19)16-2-3-18-17(10-16)22(29)27(23(30)26-18)12-14-5-7-24-8-6-14/h1-10H,11-13H2,(H,25,28)(H,26,30). The molecule has 3 heterocycles. The summed E-state index contributed by atoms with van der Waals surface area (Å²) >= 11 is 0. The molecule has 1 aliphatic rings. The van der Waals surface area contributed by atoms with Gasteiger partial charge in [0.15, 0.2) is 11.5 Å². The molecule has 0 spiro atoms. The minimum Gasteiger partial charge on any atom is -0.454 e. The van der Waals surface area contributed by atoms with E-state index >= 15 is 0 Å². The van der Waals surface area contributed by atoms with Gasteiger partial charge in [-0.15, -0.1) is 0 Å². The number of H-pyrrole nitrogens is 1. The zero-order chi connectivity index (χ0) is 22.1. The minimum absolute atomic E-state index is 0.104. The fraction of sp³-hybridized carbons (Fsp3) is 0.130. The van der Waals surface area contributed by atoms with Gasteiger partial charge in [-0.05, 0) is 53.6 Å². The Morgan fingerprint density at radius 3 is 2.66 bits per heavy atom. The van der Waals surface area contributed by atoms with E-state index in [2.05, 4.69) is 15.3 Å². The predicted molar refractivity (Wildman–Crippen MR) is 116 cm³/mol. The zero-order valence-electron chi connectivity index (χ0n) is 16.8. The molecule has 9 heteroatoms. The molecule has 4 aromatic rings. The van der Waals surface area contributed by atoms with Gasteiger partial charge in [0, 0.05) is 24.5 Å². The number of aromatic amines is 1. The Balaban J connectivity index is 1.40. The van der Waals surface area contributed by atoms with Crippen molar-refractivity contribution in [2.45, 2.75) is 13.1 Å². The Kier molecular flexibility index (Phi) is 4.91. The van der Waals surface area contributed by atoms with Crippen molar-refractivity contribution in [3.05, 3.63) is 98.5 Å². The van der Waals surface area contributed by atoms with Gasteiger partial charge in [-0.2, -0.15) is 0 Å². The summed E-state index contributed by atoms with van der Waals surface area (Å²) in [7, 11) is 0. The van der Waals surface area contributed by atoms with E-state index in [1.54, 1.807) is 42.7 Å². The number of hydrogen-bond donors (Lipinski definition) is 2. The molecule has 32 heavy (non-hydrogen) atoms. The third-order valence-corrected chi connectivity index (χ3v) is 5.22. The third-order valence-electron chi connectivity index (χ3n) is 5.22. The second-order valence-electron chi connectivity index (χ2n) is 7.31. The molecule has 5 rings (SSSR count). The van der Waals surface area contributed by atoms with Crippen LogP contribution < -0.4 is 26.0 Å². The van der Waals surface area contributed by atoms with Gasteiger partial charge in [0.1, 0.15) is 0 Å². The van der Waals surface area contributed by atoms with Gasteiger partial charge in [0.05, 0.1) is 17.4 Å². The first-order valence-electron chi connectivity index (χ1n) is 9.91. The minimum atomic E-state index is -0.515. The monoisotopic (exact) mass is 430 g/mol. The van der Waals surface area contributed by atoms with E-state index in [1.807, 2.05) is 12.1 Å². The second kappa shape index (κ2) is 8.03. The molecule has 2 aromatic carbocycles. The molecular weight excluding hydrogens is 412 g/mol. The number of pyridine rings is 1. The number of rotatable bonds is 5. The largest absolute Gasteiger partial charge is 0.454 e. The highest BCUT2D eigenvalue weighted by molar-refractivity contribution is 5.97. The van der Waals surface area contributed by atoms with E-state index in [0.717, 1.165) is 15.7 Å². The summed E-state index contributed by atoms with van der Waals surface area (Å²) in [6.45, 7) is 0.571. The molecule has 2 aromatic heterocycles. The van der Waals surface area contributed by atoms with Crippen LogP contribution in [-0.4, -0.2) is 27.2 Å². The van der Waals surface area contributed by atoms with E-state index in [4.69, 9.17) is 9.47 Å². The highest BCUT2D eigenvalue weighted by Crippen LogP contribution is 2.32. The first-order chi connectivity index (χ1) is 15.6. The normalized spacial score (nSPS) is 12.1. The van der Waals surface area contributed by atoms with Gasteiger partial charge in [0.2, 0.25) is 6.79 Å². The molecule has 0 aliphatic carbocycles. The highest BCUT2D eigenvalue weighted by Gasteiger charge is 2.15.